The maximum absolute atomic E-state index is 13.3. The number of benzene rings is 3. The first-order chi connectivity index (χ1) is 17.1. The average molecular weight is 476 g/mol. The summed E-state index contributed by atoms with van der Waals surface area (Å²) < 4.78 is 24.0. The highest BCUT2D eigenvalue weighted by atomic mass is 19.1. The van der Waals surface area contributed by atoms with Gasteiger partial charge in [0.25, 0.3) is 0 Å². The molecule has 0 aliphatic carbocycles. The summed E-state index contributed by atoms with van der Waals surface area (Å²) in [7, 11) is 0. The predicted octanol–water partition coefficient (Wildman–Crippen LogP) is 4.58. The zero-order valence-corrected chi connectivity index (χ0v) is 19.1. The molecular formula is C27H26FN3O4. The summed E-state index contributed by atoms with van der Waals surface area (Å²) in [6.45, 7) is 1.37. The Balaban J connectivity index is 1.24. The zero-order chi connectivity index (χ0) is 24.2. The third-order valence-corrected chi connectivity index (χ3v) is 6.38. The monoisotopic (exact) mass is 475 g/mol. The highest BCUT2D eigenvalue weighted by molar-refractivity contribution is 5.96. The summed E-state index contributed by atoms with van der Waals surface area (Å²) in [6.07, 6.45) is 1.26. The molecule has 0 bridgehead atoms. The van der Waals surface area contributed by atoms with Crippen LogP contribution in [0.2, 0.25) is 0 Å². The molecule has 35 heavy (non-hydrogen) atoms. The normalized spacial score (nSPS) is 16.5. The molecule has 0 radical (unpaired) electrons. The number of nitrogens with one attached hydrogen (secondary N) is 2. The number of hydrogen-bond acceptors (Lipinski definition) is 5. The van der Waals surface area contributed by atoms with Gasteiger partial charge in [-0.25, -0.2) is 4.39 Å². The summed E-state index contributed by atoms with van der Waals surface area (Å²) in [6, 6.07) is 20.1. The van der Waals surface area contributed by atoms with Crippen LogP contribution >= 0.6 is 0 Å². The summed E-state index contributed by atoms with van der Waals surface area (Å²) >= 11 is 0. The molecule has 0 aromatic heterocycles. The van der Waals surface area contributed by atoms with E-state index in [2.05, 4.69) is 15.5 Å². The smallest absolute Gasteiger partial charge is 0.246 e. The molecule has 7 nitrogen and oxygen atoms in total. The molecule has 2 aliphatic heterocycles. The van der Waals surface area contributed by atoms with Gasteiger partial charge in [0.2, 0.25) is 18.6 Å². The van der Waals surface area contributed by atoms with Crippen molar-refractivity contribution < 1.29 is 23.5 Å². The van der Waals surface area contributed by atoms with Crippen LogP contribution < -0.4 is 20.1 Å². The minimum atomic E-state index is -0.515. The third kappa shape index (κ3) is 5.27. The molecule has 1 saturated heterocycles. The number of ether oxygens (including phenoxy) is 2. The Kier molecular flexibility index (Phi) is 6.63. The van der Waals surface area contributed by atoms with Crippen LogP contribution in [0.25, 0.3) is 0 Å². The van der Waals surface area contributed by atoms with Crippen molar-refractivity contribution in [1.82, 2.24) is 4.90 Å². The second-order valence-corrected chi connectivity index (χ2v) is 8.68. The number of carbonyl (C=O) groups is 2. The van der Waals surface area contributed by atoms with Gasteiger partial charge in [-0.15, -0.1) is 0 Å². The molecule has 180 valence electrons. The minimum Gasteiger partial charge on any atom is -0.454 e. The van der Waals surface area contributed by atoms with Gasteiger partial charge >= 0.3 is 0 Å². The van der Waals surface area contributed by atoms with Crippen LogP contribution in [0.15, 0.2) is 72.8 Å². The fraction of sp³-hybridized carbons (Fsp3) is 0.259. The Morgan fingerprint density at radius 3 is 2.29 bits per heavy atom. The molecule has 3 aromatic rings. The fourth-order valence-corrected chi connectivity index (χ4v) is 4.55. The van der Waals surface area contributed by atoms with Gasteiger partial charge < -0.3 is 20.1 Å². The molecule has 0 unspecified atom stereocenters. The second-order valence-electron chi connectivity index (χ2n) is 8.68. The quantitative estimate of drug-likeness (QED) is 0.545. The Hall–Kier alpha value is -3.91. The van der Waals surface area contributed by atoms with Gasteiger partial charge in [-0.05, 0) is 67.9 Å². The van der Waals surface area contributed by atoms with Gasteiger partial charge in [0.1, 0.15) is 11.9 Å². The van der Waals surface area contributed by atoms with Crippen molar-refractivity contribution >= 4 is 23.2 Å². The SMILES string of the molecule is O=C(Nc1ccc2c(c1)OCO2)C1CCN([C@@H](C(=O)Nc2ccc(F)cc2)c2ccccc2)CC1. The highest BCUT2D eigenvalue weighted by Crippen LogP contribution is 2.35. The van der Waals surface area contributed by atoms with Crippen molar-refractivity contribution in [3.8, 4) is 11.5 Å². The van der Waals surface area contributed by atoms with E-state index in [4.69, 9.17) is 9.47 Å². The number of rotatable bonds is 6. The molecule has 5 rings (SSSR count). The lowest BCUT2D eigenvalue weighted by Crippen LogP contribution is -2.44. The van der Waals surface area contributed by atoms with E-state index in [1.54, 1.807) is 30.3 Å². The molecule has 0 spiro atoms. The van der Waals surface area contributed by atoms with E-state index in [0.29, 0.717) is 48.8 Å². The number of halogens is 1. The van der Waals surface area contributed by atoms with Crippen molar-refractivity contribution in [2.24, 2.45) is 5.92 Å². The van der Waals surface area contributed by atoms with Crippen LogP contribution in [0.1, 0.15) is 24.4 Å². The van der Waals surface area contributed by atoms with E-state index in [0.717, 1.165) is 5.56 Å². The van der Waals surface area contributed by atoms with Crippen molar-refractivity contribution in [1.29, 1.82) is 0 Å². The van der Waals surface area contributed by atoms with Crippen molar-refractivity contribution in [2.45, 2.75) is 18.9 Å². The minimum absolute atomic E-state index is 0.0458. The van der Waals surface area contributed by atoms with E-state index >= 15 is 0 Å². The number of nitrogens with zero attached hydrogens (tertiary/aromatic N) is 1. The van der Waals surface area contributed by atoms with Crippen LogP contribution in [0.5, 0.6) is 11.5 Å². The van der Waals surface area contributed by atoms with Gasteiger partial charge in [0.05, 0.1) is 0 Å². The van der Waals surface area contributed by atoms with Gasteiger partial charge in [0.15, 0.2) is 11.5 Å². The van der Waals surface area contributed by atoms with Crippen LogP contribution in [-0.4, -0.2) is 36.6 Å². The summed E-state index contributed by atoms with van der Waals surface area (Å²) in [5.41, 5.74) is 2.08. The topological polar surface area (TPSA) is 79.9 Å². The van der Waals surface area contributed by atoms with E-state index in [9.17, 15) is 14.0 Å². The van der Waals surface area contributed by atoms with E-state index in [1.165, 1.54) is 12.1 Å². The average Bonchev–Trinajstić information content (AvgIpc) is 3.35. The number of amides is 2. The van der Waals surface area contributed by atoms with E-state index in [1.807, 2.05) is 30.3 Å². The standard InChI is InChI=1S/C27H26FN3O4/c28-20-6-8-21(9-7-20)29-27(33)25(18-4-2-1-3-5-18)31-14-12-19(13-15-31)26(32)30-22-10-11-23-24(16-22)35-17-34-23/h1-11,16,19,25H,12-15,17H2,(H,29,33)(H,30,32)/t25-/m1/s1. The number of carbonyl (C=O) groups excluding carboxylic acids is 2. The molecule has 2 aliphatic rings. The Labute approximate surface area is 202 Å². The van der Waals surface area contributed by atoms with Gasteiger partial charge in [-0.1, -0.05) is 30.3 Å². The number of anilines is 2. The fourth-order valence-electron chi connectivity index (χ4n) is 4.55. The molecule has 2 heterocycles. The molecule has 2 amide bonds. The lowest BCUT2D eigenvalue weighted by Gasteiger charge is -2.36. The van der Waals surface area contributed by atoms with Gasteiger partial charge in [-0.3, -0.25) is 14.5 Å². The number of fused-ring (bicyclic) bond motifs is 1. The van der Waals surface area contributed by atoms with Gasteiger partial charge in [0, 0.05) is 23.4 Å². The largest absolute Gasteiger partial charge is 0.454 e. The third-order valence-electron chi connectivity index (χ3n) is 6.38. The first kappa shape index (κ1) is 22.9. The number of piperidine rings is 1. The first-order valence-electron chi connectivity index (χ1n) is 11.6. The molecule has 1 fully saturated rings. The lowest BCUT2D eigenvalue weighted by molar-refractivity contribution is -0.124. The van der Waals surface area contributed by atoms with E-state index in [-0.39, 0.29) is 30.3 Å². The Bertz CT molecular complexity index is 1190. The molecule has 2 N–H and O–H groups in total. The van der Waals surface area contributed by atoms with Crippen molar-refractivity contribution in [3.63, 3.8) is 0 Å². The van der Waals surface area contributed by atoms with E-state index < -0.39 is 6.04 Å². The van der Waals surface area contributed by atoms with Crippen LogP contribution in [0.4, 0.5) is 15.8 Å². The Morgan fingerprint density at radius 1 is 0.857 bits per heavy atom. The Morgan fingerprint density at radius 2 is 1.54 bits per heavy atom. The molecule has 8 heteroatoms. The van der Waals surface area contributed by atoms with Crippen LogP contribution in [-0.2, 0) is 9.59 Å². The molecule has 1 atom stereocenters. The number of likely N-dealkylation sites (tertiary alicyclic amines) is 1. The predicted molar refractivity (Wildman–Crippen MR) is 130 cm³/mol. The maximum atomic E-state index is 13.3. The molecular weight excluding hydrogens is 449 g/mol. The summed E-state index contributed by atoms with van der Waals surface area (Å²) in [5.74, 6) is 0.538. The van der Waals surface area contributed by atoms with Crippen molar-refractivity contribution in [2.75, 3.05) is 30.5 Å². The van der Waals surface area contributed by atoms with Crippen LogP contribution in [0, 0.1) is 11.7 Å². The summed E-state index contributed by atoms with van der Waals surface area (Å²) in [5, 5.41) is 5.88. The summed E-state index contributed by atoms with van der Waals surface area (Å²) in [4.78, 5) is 28.3. The number of hydrogen-bond donors (Lipinski definition) is 2. The maximum Gasteiger partial charge on any atom is 0.246 e. The lowest BCUT2D eigenvalue weighted by atomic mass is 9.93. The van der Waals surface area contributed by atoms with Gasteiger partial charge in [-0.2, -0.15) is 0 Å². The molecule has 3 aromatic carbocycles. The highest BCUT2D eigenvalue weighted by Gasteiger charge is 2.33. The zero-order valence-electron chi connectivity index (χ0n) is 19.1. The van der Waals surface area contributed by atoms with Crippen LogP contribution in [0.3, 0.4) is 0 Å². The second kappa shape index (κ2) is 10.1. The first-order valence-corrected chi connectivity index (χ1v) is 11.6. The molecule has 0 saturated carbocycles. The van der Waals surface area contributed by atoms with Crippen molar-refractivity contribution in [3.05, 3.63) is 84.2 Å².